The second-order valence-electron chi connectivity index (χ2n) is 4.59. The van der Waals surface area contributed by atoms with Gasteiger partial charge >= 0.3 is 0 Å². The first-order valence-electron chi connectivity index (χ1n) is 5.68. The summed E-state index contributed by atoms with van der Waals surface area (Å²) < 4.78 is 29.0. The van der Waals surface area contributed by atoms with Crippen LogP contribution in [0.2, 0.25) is 0 Å². The zero-order chi connectivity index (χ0) is 10.7. The molecule has 2 aliphatic rings. The topological polar surface area (TPSA) is 55.4 Å². The Kier molecular flexibility index (Phi) is 3.64. The molecule has 2 saturated heterocycles. The summed E-state index contributed by atoms with van der Waals surface area (Å²) in [5.41, 5.74) is 0. The molecule has 2 fully saturated rings. The van der Waals surface area contributed by atoms with E-state index in [0.29, 0.717) is 11.7 Å². The second-order valence-corrected chi connectivity index (χ2v) is 6.74. The van der Waals surface area contributed by atoms with Crippen LogP contribution in [0.5, 0.6) is 0 Å². The van der Waals surface area contributed by atoms with Crippen LogP contribution in [-0.4, -0.2) is 45.7 Å². The van der Waals surface area contributed by atoms with Crippen molar-refractivity contribution in [2.45, 2.75) is 25.4 Å². The minimum atomic E-state index is -2.91. The van der Waals surface area contributed by atoms with Crippen LogP contribution in [0.4, 0.5) is 0 Å². The van der Waals surface area contributed by atoms with Crippen LogP contribution in [0, 0.1) is 5.92 Å². The summed E-state index contributed by atoms with van der Waals surface area (Å²) in [5, 5.41) is 3.09. The molecule has 1 atom stereocenters. The Bertz CT molecular complexity index is 292. The van der Waals surface area contributed by atoms with E-state index in [0.717, 1.165) is 39.0 Å². The molecule has 2 rings (SSSR count). The quantitative estimate of drug-likeness (QED) is 0.753. The Labute approximate surface area is 91.3 Å². The summed E-state index contributed by atoms with van der Waals surface area (Å²) in [7, 11) is -2.91. The van der Waals surface area contributed by atoms with Crippen molar-refractivity contribution in [3.05, 3.63) is 0 Å². The third kappa shape index (κ3) is 3.43. The summed E-state index contributed by atoms with van der Waals surface area (Å²) in [6, 6.07) is 0. The van der Waals surface area contributed by atoms with E-state index in [1.807, 2.05) is 0 Å². The molecule has 2 aliphatic heterocycles. The summed E-state index contributed by atoms with van der Waals surface area (Å²) in [6.45, 7) is 2.43. The van der Waals surface area contributed by atoms with E-state index in [-0.39, 0.29) is 11.9 Å². The summed E-state index contributed by atoms with van der Waals surface area (Å²) in [6.07, 6.45) is 3.04. The maximum absolute atomic E-state index is 11.8. The molecule has 0 aromatic rings. The van der Waals surface area contributed by atoms with Gasteiger partial charge in [0, 0.05) is 19.7 Å². The lowest BCUT2D eigenvalue weighted by molar-refractivity contribution is 0.0304. The Hall–Kier alpha value is -0.130. The zero-order valence-corrected chi connectivity index (χ0v) is 9.76. The van der Waals surface area contributed by atoms with Gasteiger partial charge in [0.1, 0.15) is 0 Å². The van der Waals surface area contributed by atoms with Gasteiger partial charge in [-0.2, -0.15) is 0 Å². The third-order valence-electron chi connectivity index (χ3n) is 3.07. The highest BCUT2D eigenvalue weighted by Gasteiger charge is 2.27. The van der Waals surface area contributed by atoms with Crippen LogP contribution in [0.15, 0.2) is 0 Å². The van der Waals surface area contributed by atoms with E-state index < -0.39 is 9.84 Å². The lowest BCUT2D eigenvalue weighted by atomic mass is 10.1. The molecule has 0 bridgehead atoms. The van der Waals surface area contributed by atoms with Crippen LogP contribution in [-0.2, 0) is 14.6 Å². The summed E-state index contributed by atoms with van der Waals surface area (Å²) in [5.74, 6) is 0.891. The molecule has 0 saturated carbocycles. The van der Waals surface area contributed by atoms with Crippen molar-refractivity contribution in [2.75, 3.05) is 31.2 Å². The molecule has 4 nitrogen and oxygen atoms in total. The number of ether oxygens (including phenoxy) is 1. The van der Waals surface area contributed by atoms with Gasteiger partial charge in [0.25, 0.3) is 0 Å². The third-order valence-corrected chi connectivity index (χ3v) is 4.93. The SMILES string of the molecule is O=S(=O)(CC1CNC1)CC1CCCCO1. The van der Waals surface area contributed by atoms with Crippen molar-refractivity contribution in [3.8, 4) is 0 Å². The van der Waals surface area contributed by atoms with Gasteiger partial charge in [-0.1, -0.05) is 0 Å². The first-order valence-corrected chi connectivity index (χ1v) is 7.50. The molecular formula is C10H19NO3S. The number of sulfone groups is 1. The fraction of sp³-hybridized carbons (Fsp3) is 1.00. The van der Waals surface area contributed by atoms with Gasteiger partial charge in [0.05, 0.1) is 17.6 Å². The predicted molar refractivity (Wildman–Crippen MR) is 58.6 cm³/mol. The van der Waals surface area contributed by atoms with Gasteiger partial charge in [0.2, 0.25) is 0 Å². The second kappa shape index (κ2) is 4.80. The molecule has 2 heterocycles. The fourth-order valence-electron chi connectivity index (χ4n) is 2.12. The maximum atomic E-state index is 11.8. The van der Waals surface area contributed by atoms with Crippen molar-refractivity contribution in [2.24, 2.45) is 5.92 Å². The standard InChI is InChI=1S/C10H19NO3S/c12-15(13,7-9-5-11-6-9)8-10-3-1-2-4-14-10/h9-11H,1-8H2. The van der Waals surface area contributed by atoms with Gasteiger partial charge in [-0.3, -0.25) is 0 Å². The molecule has 1 unspecified atom stereocenters. The smallest absolute Gasteiger partial charge is 0.153 e. The van der Waals surface area contributed by atoms with Gasteiger partial charge in [-0.05, 0) is 25.2 Å². The van der Waals surface area contributed by atoms with E-state index in [9.17, 15) is 8.42 Å². The molecule has 0 aromatic heterocycles. The van der Waals surface area contributed by atoms with E-state index in [2.05, 4.69) is 5.32 Å². The molecule has 0 amide bonds. The molecule has 5 heteroatoms. The molecule has 0 aromatic carbocycles. The van der Waals surface area contributed by atoms with Crippen molar-refractivity contribution >= 4 is 9.84 Å². The van der Waals surface area contributed by atoms with E-state index in [1.165, 1.54) is 0 Å². The first-order chi connectivity index (χ1) is 7.16. The van der Waals surface area contributed by atoms with Crippen LogP contribution < -0.4 is 5.32 Å². The Morgan fingerprint density at radius 2 is 2.00 bits per heavy atom. The summed E-state index contributed by atoms with van der Waals surface area (Å²) >= 11 is 0. The highest BCUT2D eigenvalue weighted by molar-refractivity contribution is 7.91. The fourth-order valence-corrected chi connectivity index (χ4v) is 4.03. The molecule has 0 spiro atoms. The Morgan fingerprint density at radius 1 is 1.20 bits per heavy atom. The van der Waals surface area contributed by atoms with Crippen molar-refractivity contribution < 1.29 is 13.2 Å². The number of hydrogen-bond acceptors (Lipinski definition) is 4. The van der Waals surface area contributed by atoms with Gasteiger partial charge in [-0.15, -0.1) is 0 Å². The Morgan fingerprint density at radius 3 is 2.53 bits per heavy atom. The maximum Gasteiger partial charge on any atom is 0.153 e. The average molecular weight is 233 g/mol. The predicted octanol–water partition coefficient (Wildman–Crippen LogP) is 0.190. The van der Waals surface area contributed by atoms with Crippen LogP contribution >= 0.6 is 0 Å². The largest absolute Gasteiger partial charge is 0.377 e. The number of hydrogen-bond donors (Lipinski definition) is 1. The molecule has 0 aliphatic carbocycles. The van der Waals surface area contributed by atoms with Gasteiger partial charge in [-0.25, -0.2) is 8.42 Å². The number of nitrogens with one attached hydrogen (secondary N) is 1. The van der Waals surface area contributed by atoms with E-state index in [1.54, 1.807) is 0 Å². The van der Waals surface area contributed by atoms with E-state index in [4.69, 9.17) is 4.74 Å². The molecule has 88 valence electrons. The van der Waals surface area contributed by atoms with Crippen molar-refractivity contribution in [1.82, 2.24) is 5.32 Å². The lowest BCUT2D eigenvalue weighted by Gasteiger charge is -2.28. The molecule has 1 N–H and O–H groups in total. The zero-order valence-electron chi connectivity index (χ0n) is 8.94. The number of rotatable bonds is 4. The average Bonchev–Trinajstić information content (AvgIpc) is 2.13. The molecular weight excluding hydrogens is 214 g/mol. The Balaban J connectivity index is 1.80. The van der Waals surface area contributed by atoms with Crippen molar-refractivity contribution in [1.29, 1.82) is 0 Å². The van der Waals surface area contributed by atoms with Crippen LogP contribution in [0.1, 0.15) is 19.3 Å². The highest BCUT2D eigenvalue weighted by atomic mass is 32.2. The summed E-state index contributed by atoms with van der Waals surface area (Å²) in [4.78, 5) is 0. The first kappa shape index (κ1) is 11.4. The van der Waals surface area contributed by atoms with Gasteiger partial charge < -0.3 is 10.1 Å². The van der Waals surface area contributed by atoms with Crippen molar-refractivity contribution in [3.63, 3.8) is 0 Å². The van der Waals surface area contributed by atoms with Gasteiger partial charge in [0.15, 0.2) is 9.84 Å². The normalized spacial score (nSPS) is 28.7. The lowest BCUT2D eigenvalue weighted by Crippen LogP contribution is -2.46. The molecule has 0 radical (unpaired) electrons. The van der Waals surface area contributed by atoms with E-state index >= 15 is 0 Å². The molecule has 15 heavy (non-hydrogen) atoms. The monoisotopic (exact) mass is 233 g/mol. The highest BCUT2D eigenvalue weighted by Crippen LogP contribution is 2.16. The minimum Gasteiger partial charge on any atom is -0.377 e. The van der Waals surface area contributed by atoms with Crippen LogP contribution in [0.3, 0.4) is 0 Å². The van der Waals surface area contributed by atoms with Crippen LogP contribution in [0.25, 0.3) is 0 Å². The minimum absolute atomic E-state index is 0.0446.